The lowest BCUT2D eigenvalue weighted by atomic mass is 10.2. The number of carboxylic acids is 1. The standard InChI is InChI=1S/C17H21ClN2O4/c1-19(12-17(22)23)10-14-11-20(8-9-24-14)16(21)7-6-13-4-2-3-5-15(13)18/h2-7,14H,8-12H2,1H3,(H,22,23)/b7-6+. The van der Waals surface area contributed by atoms with E-state index in [4.69, 9.17) is 21.4 Å². The molecule has 1 saturated heterocycles. The SMILES string of the molecule is CN(CC(=O)O)CC1CN(C(=O)/C=C/c2ccccc2Cl)CCO1. The van der Waals surface area contributed by atoms with Gasteiger partial charge in [0.1, 0.15) is 0 Å². The van der Waals surface area contributed by atoms with Crippen LogP contribution in [0.2, 0.25) is 5.02 Å². The van der Waals surface area contributed by atoms with E-state index in [-0.39, 0.29) is 18.6 Å². The second-order valence-electron chi connectivity index (χ2n) is 5.72. The predicted octanol–water partition coefficient (Wildman–Crippen LogP) is 1.60. The molecule has 1 aliphatic rings. The van der Waals surface area contributed by atoms with Crippen LogP contribution in [0.5, 0.6) is 0 Å². The summed E-state index contributed by atoms with van der Waals surface area (Å²) in [7, 11) is 1.72. The molecule has 6 nitrogen and oxygen atoms in total. The van der Waals surface area contributed by atoms with E-state index in [1.807, 2.05) is 18.2 Å². The molecular formula is C17H21ClN2O4. The second kappa shape index (κ2) is 8.82. The van der Waals surface area contributed by atoms with Crippen LogP contribution in [-0.4, -0.2) is 72.7 Å². The van der Waals surface area contributed by atoms with Crippen molar-refractivity contribution >= 4 is 29.6 Å². The molecular weight excluding hydrogens is 332 g/mol. The van der Waals surface area contributed by atoms with E-state index in [2.05, 4.69) is 0 Å². The van der Waals surface area contributed by atoms with Gasteiger partial charge in [-0.05, 0) is 24.8 Å². The molecule has 1 fully saturated rings. The van der Waals surface area contributed by atoms with E-state index in [1.165, 1.54) is 6.08 Å². The number of hydrogen-bond acceptors (Lipinski definition) is 4. The molecule has 24 heavy (non-hydrogen) atoms. The van der Waals surface area contributed by atoms with Crippen LogP contribution in [0.15, 0.2) is 30.3 Å². The molecule has 0 radical (unpaired) electrons. The predicted molar refractivity (Wildman–Crippen MR) is 91.9 cm³/mol. The van der Waals surface area contributed by atoms with Crippen LogP contribution in [0.3, 0.4) is 0 Å². The molecule has 1 aromatic carbocycles. The van der Waals surface area contributed by atoms with Gasteiger partial charge in [-0.25, -0.2) is 0 Å². The van der Waals surface area contributed by atoms with E-state index in [1.54, 1.807) is 29.0 Å². The molecule has 1 unspecified atom stereocenters. The van der Waals surface area contributed by atoms with Gasteiger partial charge in [0.15, 0.2) is 0 Å². The van der Waals surface area contributed by atoms with Crippen LogP contribution in [0.4, 0.5) is 0 Å². The van der Waals surface area contributed by atoms with Crippen molar-refractivity contribution in [2.24, 2.45) is 0 Å². The third-order valence-electron chi connectivity index (χ3n) is 3.68. The van der Waals surface area contributed by atoms with Gasteiger partial charge in [-0.15, -0.1) is 0 Å². The first kappa shape index (κ1) is 18.4. The van der Waals surface area contributed by atoms with Gasteiger partial charge in [-0.3, -0.25) is 14.5 Å². The maximum atomic E-state index is 12.3. The van der Waals surface area contributed by atoms with Gasteiger partial charge in [0.2, 0.25) is 5.91 Å². The minimum Gasteiger partial charge on any atom is -0.480 e. The summed E-state index contributed by atoms with van der Waals surface area (Å²) in [4.78, 5) is 26.4. The van der Waals surface area contributed by atoms with Crippen LogP contribution >= 0.6 is 11.6 Å². The number of hydrogen-bond donors (Lipinski definition) is 1. The summed E-state index contributed by atoms with van der Waals surface area (Å²) in [5.41, 5.74) is 0.790. The molecule has 1 aromatic rings. The molecule has 7 heteroatoms. The minimum atomic E-state index is -0.885. The summed E-state index contributed by atoms with van der Waals surface area (Å²) in [6, 6.07) is 7.31. The Labute approximate surface area is 146 Å². The highest BCUT2D eigenvalue weighted by molar-refractivity contribution is 6.32. The first-order valence-corrected chi connectivity index (χ1v) is 8.07. The first-order chi connectivity index (χ1) is 11.5. The maximum absolute atomic E-state index is 12.3. The number of likely N-dealkylation sites (N-methyl/N-ethyl adjacent to an activating group) is 1. The topological polar surface area (TPSA) is 70.1 Å². The Morgan fingerprint density at radius 2 is 2.21 bits per heavy atom. The molecule has 1 heterocycles. The number of carbonyl (C=O) groups excluding carboxylic acids is 1. The number of benzene rings is 1. The summed E-state index contributed by atoms with van der Waals surface area (Å²) in [6.07, 6.45) is 3.01. The number of halogens is 1. The number of ether oxygens (including phenoxy) is 1. The summed E-state index contributed by atoms with van der Waals surface area (Å²) in [5, 5.41) is 9.38. The molecule has 1 atom stereocenters. The number of morpholine rings is 1. The molecule has 0 saturated carbocycles. The monoisotopic (exact) mass is 352 g/mol. The Kier molecular flexibility index (Phi) is 6.78. The molecule has 130 valence electrons. The Bertz CT molecular complexity index is 620. The van der Waals surface area contributed by atoms with Gasteiger partial charge < -0.3 is 14.7 Å². The van der Waals surface area contributed by atoms with Crippen molar-refractivity contribution in [2.75, 3.05) is 39.8 Å². The lowest BCUT2D eigenvalue weighted by molar-refractivity contribution is -0.140. The summed E-state index contributed by atoms with van der Waals surface area (Å²) >= 11 is 6.07. The second-order valence-corrected chi connectivity index (χ2v) is 6.13. The van der Waals surface area contributed by atoms with Gasteiger partial charge in [0.25, 0.3) is 0 Å². The summed E-state index contributed by atoms with van der Waals surface area (Å²) in [5.74, 6) is -0.993. The van der Waals surface area contributed by atoms with E-state index < -0.39 is 5.97 Å². The van der Waals surface area contributed by atoms with Crippen molar-refractivity contribution in [3.63, 3.8) is 0 Å². The van der Waals surface area contributed by atoms with Crippen molar-refractivity contribution in [3.8, 4) is 0 Å². The van der Waals surface area contributed by atoms with Crippen molar-refractivity contribution < 1.29 is 19.4 Å². The molecule has 1 amide bonds. The Hall–Kier alpha value is -1.89. The maximum Gasteiger partial charge on any atom is 0.317 e. The molecule has 1 aliphatic heterocycles. The van der Waals surface area contributed by atoms with E-state index >= 15 is 0 Å². The van der Waals surface area contributed by atoms with Gasteiger partial charge in [0.05, 0.1) is 19.3 Å². The largest absolute Gasteiger partial charge is 0.480 e. The van der Waals surface area contributed by atoms with Crippen molar-refractivity contribution in [1.82, 2.24) is 9.80 Å². The number of nitrogens with zero attached hydrogens (tertiary/aromatic N) is 2. The molecule has 1 N–H and O–H groups in total. The number of amides is 1. The zero-order valence-electron chi connectivity index (χ0n) is 13.5. The van der Waals surface area contributed by atoms with Gasteiger partial charge >= 0.3 is 5.97 Å². The van der Waals surface area contributed by atoms with Crippen LogP contribution < -0.4 is 0 Å². The van der Waals surface area contributed by atoms with Crippen LogP contribution in [-0.2, 0) is 14.3 Å². The molecule has 0 bridgehead atoms. The highest BCUT2D eigenvalue weighted by Gasteiger charge is 2.24. The quantitative estimate of drug-likeness (QED) is 0.787. The van der Waals surface area contributed by atoms with Crippen molar-refractivity contribution in [1.29, 1.82) is 0 Å². The number of aliphatic carboxylic acids is 1. The van der Waals surface area contributed by atoms with Crippen molar-refractivity contribution in [2.45, 2.75) is 6.10 Å². The highest BCUT2D eigenvalue weighted by atomic mass is 35.5. The Morgan fingerprint density at radius 1 is 1.46 bits per heavy atom. The van der Waals surface area contributed by atoms with Crippen LogP contribution in [0.25, 0.3) is 6.08 Å². The lowest BCUT2D eigenvalue weighted by Crippen LogP contribution is -2.49. The number of rotatable bonds is 6. The molecule has 0 spiro atoms. The Balaban J connectivity index is 1.90. The zero-order chi connectivity index (χ0) is 17.5. The highest BCUT2D eigenvalue weighted by Crippen LogP contribution is 2.16. The van der Waals surface area contributed by atoms with Crippen LogP contribution in [0.1, 0.15) is 5.56 Å². The van der Waals surface area contributed by atoms with Crippen molar-refractivity contribution in [3.05, 3.63) is 40.9 Å². The van der Waals surface area contributed by atoms with Gasteiger partial charge in [0, 0.05) is 30.7 Å². The average Bonchev–Trinajstić information content (AvgIpc) is 2.53. The fraction of sp³-hybridized carbons (Fsp3) is 0.412. The molecule has 2 rings (SSSR count). The zero-order valence-corrected chi connectivity index (χ0v) is 14.3. The Morgan fingerprint density at radius 3 is 2.92 bits per heavy atom. The fourth-order valence-corrected chi connectivity index (χ4v) is 2.75. The first-order valence-electron chi connectivity index (χ1n) is 7.69. The van der Waals surface area contributed by atoms with Crippen LogP contribution in [0, 0.1) is 0 Å². The number of carbonyl (C=O) groups is 2. The molecule has 0 aliphatic carbocycles. The van der Waals surface area contributed by atoms with E-state index in [0.717, 1.165) is 5.56 Å². The minimum absolute atomic E-state index is 0.0553. The normalized spacial score (nSPS) is 18.3. The third-order valence-corrected chi connectivity index (χ3v) is 4.03. The summed E-state index contributed by atoms with van der Waals surface area (Å²) < 4.78 is 5.62. The van der Waals surface area contributed by atoms with Gasteiger partial charge in [-0.1, -0.05) is 29.8 Å². The summed E-state index contributed by atoms with van der Waals surface area (Å²) in [6.45, 7) is 1.81. The van der Waals surface area contributed by atoms with E-state index in [0.29, 0.717) is 31.3 Å². The average molecular weight is 353 g/mol. The number of carboxylic acid groups (broad SMARTS) is 1. The fourth-order valence-electron chi connectivity index (χ4n) is 2.55. The lowest BCUT2D eigenvalue weighted by Gasteiger charge is -2.34. The molecule has 0 aromatic heterocycles. The van der Waals surface area contributed by atoms with Gasteiger partial charge in [-0.2, -0.15) is 0 Å². The third kappa shape index (κ3) is 5.63. The smallest absolute Gasteiger partial charge is 0.317 e. The van der Waals surface area contributed by atoms with E-state index in [9.17, 15) is 9.59 Å².